The van der Waals surface area contributed by atoms with Gasteiger partial charge in [-0.25, -0.2) is 4.79 Å². The van der Waals surface area contributed by atoms with E-state index in [1.165, 1.54) is 16.2 Å². The van der Waals surface area contributed by atoms with Crippen molar-refractivity contribution >= 4 is 11.7 Å². The number of anilines is 1. The standard InChI is InChI=1S/C19H32N4O2/c1-19(2,3)21-18(24)20-14-17(23-10-12-25-13-11-23)15-6-8-16(9-7-15)22(4)5/h6-9,17H,10-14H2,1-5H3,(H2,20,21,24)/p+1/t17-/m0/s1. The van der Waals surface area contributed by atoms with Crippen molar-refractivity contribution in [3.8, 4) is 0 Å². The van der Waals surface area contributed by atoms with E-state index in [0.717, 1.165) is 26.3 Å². The predicted molar refractivity (Wildman–Crippen MR) is 101 cm³/mol. The van der Waals surface area contributed by atoms with E-state index in [-0.39, 0.29) is 17.6 Å². The average Bonchev–Trinajstić information content (AvgIpc) is 2.55. The number of ether oxygens (including phenoxy) is 1. The van der Waals surface area contributed by atoms with E-state index in [1.54, 1.807) is 0 Å². The number of morpholine rings is 1. The molecule has 2 amide bonds. The van der Waals surface area contributed by atoms with Crippen LogP contribution >= 0.6 is 0 Å². The number of nitrogens with one attached hydrogen (secondary N) is 3. The van der Waals surface area contributed by atoms with Gasteiger partial charge >= 0.3 is 6.03 Å². The second kappa shape index (κ2) is 8.54. The first-order chi connectivity index (χ1) is 11.8. The predicted octanol–water partition coefficient (Wildman–Crippen LogP) is 0.807. The van der Waals surface area contributed by atoms with Crippen LogP contribution in [0.5, 0.6) is 0 Å². The summed E-state index contributed by atoms with van der Waals surface area (Å²) in [5, 5.41) is 6.01. The summed E-state index contributed by atoms with van der Waals surface area (Å²) in [4.78, 5) is 15.7. The number of benzene rings is 1. The molecule has 0 aliphatic carbocycles. The largest absolute Gasteiger partial charge is 0.378 e. The number of rotatable bonds is 5. The fraction of sp³-hybridized carbons (Fsp3) is 0.632. The van der Waals surface area contributed by atoms with Crippen LogP contribution in [0, 0.1) is 0 Å². The molecule has 0 unspecified atom stereocenters. The van der Waals surface area contributed by atoms with Crippen LogP contribution in [0.25, 0.3) is 0 Å². The van der Waals surface area contributed by atoms with Crippen LogP contribution in [-0.4, -0.2) is 58.5 Å². The molecule has 25 heavy (non-hydrogen) atoms. The maximum absolute atomic E-state index is 12.2. The van der Waals surface area contributed by atoms with Crippen LogP contribution in [0.2, 0.25) is 0 Å². The number of urea groups is 1. The molecule has 1 atom stereocenters. The number of carbonyl (C=O) groups is 1. The van der Waals surface area contributed by atoms with Crippen LogP contribution in [0.4, 0.5) is 10.5 Å². The molecule has 2 rings (SSSR count). The molecule has 6 nitrogen and oxygen atoms in total. The fourth-order valence-corrected chi connectivity index (χ4v) is 3.06. The molecule has 0 bridgehead atoms. The first-order valence-electron chi connectivity index (χ1n) is 9.02. The fourth-order valence-electron chi connectivity index (χ4n) is 3.06. The number of nitrogens with zero attached hydrogens (tertiary/aromatic N) is 1. The van der Waals surface area contributed by atoms with E-state index in [2.05, 4.69) is 39.8 Å². The van der Waals surface area contributed by atoms with E-state index < -0.39 is 0 Å². The zero-order valence-electron chi connectivity index (χ0n) is 16.2. The first-order valence-corrected chi connectivity index (χ1v) is 9.02. The lowest BCUT2D eigenvalue weighted by molar-refractivity contribution is -0.937. The van der Waals surface area contributed by atoms with Crippen molar-refractivity contribution in [2.45, 2.75) is 32.4 Å². The normalized spacial score (nSPS) is 17.0. The molecule has 1 aromatic rings. The Bertz CT molecular complexity index is 546. The summed E-state index contributed by atoms with van der Waals surface area (Å²) >= 11 is 0. The van der Waals surface area contributed by atoms with Crippen molar-refractivity contribution in [2.24, 2.45) is 0 Å². The molecule has 1 fully saturated rings. The topological polar surface area (TPSA) is 58.0 Å². The third-order valence-corrected chi connectivity index (χ3v) is 4.39. The van der Waals surface area contributed by atoms with Crippen molar-refractivity contribution in [1.82, 2.24) is 10.6 Å². The van der Waals surface area contributed by atoms with Gasteiger partial charge in [-0.15, -0.1) is 0 Å². The van der Waals surface area contributed by atoms with E-state index in [0.29, 0.717) is 6.54 Å². The summed E-state index contributed by atoms with van der Waals surface area (Å²) in [5.74, 6) is 0. The second-order valence-corrected chi connectivity index (χ2v) is 7.89. The Morgan fingerprint density at radius 2 is 1.80 bits per heavy atom. The Hall–Kier alpha value is -1.79. The zero-order chi connectivity index (χ0) is 18.4. The number of hydrogen-bond donors (Lipinski definition) is 3. The lowest BCUT2D eigenvalue weighted by Crippen LogP contribution is -3.15. The van der Waals surface area contributed by atoms with Gasteiger partial charge in [-0.2, -0.15) is 0 Å². The van der Waals surface area contributed by atoms with Gasteiger partial charge in [-0.3, -0.25) is 0 Å². The smallest absolute Gasteiger partial charge is 0.315 e. The summed E-state index contributed by atoms with van der Waals surface area (Å²) in [6.07, 6.45) is 0. The van der Waals surface area contributed by atoms with Gasteiger partial charge < -0.3 is 25.2 Å². The average molecular weight is 349 g/mol. The molecule has 1 saturated heterocycles. The maximum Gasteiger partial charge on any atom is 0.315 e. The van der Waals surface area contributed by atoms with Gasteiger partial charge in [-0.05, 0) is 32.9 Å². The molecule has 0 spiro atoms. The Morgan fingerprint density at radius 3 is 2.32 bits per heavy atom. The van der Waals surface area contributed by atoms with Crippen LogP contribution in [-0.2, 0) is 4.74 Å². The van der Waals surface area contributed by atoms with E-state index >= 15 is 0 Å². The van der Waals surface area contributed by atoms with Crippen LogP contribution in [0.15, 0.2) is 24.3 Å². The Labute approximate surface area is 151 Å². The maximum atomic E-state index is 12.2. The van der Waals surface area contributed by atoms with Crippen LogP contribution in [0.3, 0.4) is 0 Å². The molecule has 0 saturated carbocycles. The van der Waals surface area contributed by atoms with Crippen molar-refractivity contribution in [3.05, 3.63) is 29.8 Å². The van der Waals surface area contributed by atoms with Gasteiger partial charge in [0.1, 0.15) is 19.1 Å². The Balaban J connectivity index is 2.08. The summed E-state index contributed by atoms with van der Waals surface area (Å²) in [6, 6.07) is 8.73. The number of amides is 2. The molecule has 1 aliphatic heterocycles. The third-order valence-electron chi connectivity index (χ3n) is 4.39. The monoisotopic (exact) mass is 349 g/mol. The minimum Gasteiger partial charge on any atom is -0.378 e. The lowest BCUT2D eigenvalue weighted by atomic mass is 10.0. The summed E-state index contributed by atoms with van der Waals surface area (Å²) in [7, 11) is 4.08. The number of quaternary nitrogens is 1. The molecule has 0 aromatic heterocycles. The third kappa shape index (κ3) is 6.21. The summed E-state index contributed by atoms with van der Waals surface area (Å²) in [6.45, 7) is 10.0. The molecule has 1 heterocycles. The first kappa shape index (κ1) is 19.5. The van der Waals surface area contributed by atoms with E-state index in [4.69, 9.17) is 4.74 Å². The summed E-state index contributed by atoms with van der Waals surface area (Å²) < 4.78 is 5.50. The second-order valence-electron chi connectivity index (χ2n) is 7.89. The van der Waals surface area contributed by atoms with E-state index in [1.807, 2.05) is 34.9 Å². The minimum atomic E-state index is -0.237. The molecular weight excluding hydrogens is 316 g/mol. The number of hydrogen-bond acceptors (Lipinski definition) is 3. The van der Waals surface area contributed by atoms with Gasteiger partial charge in [0.2, 0.25) is 0 Å². The van der Waals surface area contributed by atoms with Gasteiger partial charge in [0.05, 0.1) is 19.8 Å². The minimum absolute atomic E-state index is 0.116. The van der Waals surface area contributed by atoms with Gasteiger partial charge in [0, 0.05) is 30.9 Å². The Kier molecular flexibility index (Phi) is 6.67. The van der Waals surface area contributed by atoms with Crippen molar-refractivity contribution in [3.63, 3.8) is 0 Å². The lowest BCUT2D eigenvalue weighted by Gasteiger charge is -2.32. The van der Waals surface area contributed by atoms with Gasteiger partial charge in [0.25, 0.3) is 0 Å². The molecule has 3 N–H and O–H groups in total. The highest BCUT2D eigenvalue weighted by atomic mass is 16.5. The Morgan fingerprint density at radius 1 is 1.20 bits per heavy atom. The highest BCUT2D eigenvalue weighted by Gasteiger charge is 2.27. The molecule has 0 radical (unpaired) electrons. The van der Waals surface area contributed by atoms with Crippen molar-refractivity contribution in [2.75, 3.05) is 51.8 Å². The van der Waals surface area contributed by atoms with Crippen LogP contribution in [0.1, 0.15) is 32.4 Å². The highest BCUT2D eigenvalue weighted by molar-refractivity contribution is 5.74. The van der Waals surface area contributed by atoms with Gasteiger partial charge in [-0.1, -0.05) is 12.1 Å². The van der Waals surface area contributed by atoms with Crippen molar-refractivity contribution in [1.29, 1.82) is 0 Å². The van der Waals surface area contributed by atoms with Crippen LogP contribution < -0.4 is 20.4 Å². The van der Waals surface area contributed by atoms with Crippen molar-refractivity contribution < 1.29 is 14.4 Å². The summed E-state index contributed by atoms with van der Waals surface area (Å²) in [5.41, 5.74) is 2.19. The van der Waals surface area contributed by atoms with Gasteiger partial charge in [0.15, 0.2) is 0 Å². The SMILES string of the molecule is CN(C)c1ccc([C@H](CNC(=O)NC(C)(C)C)[NH+]2CCOCC2)cc1. The number of carbonyl (C=O) groups excluding carboxylic acids is 1. The molecular formula is C19H33N4O2+. The molecule has 1 aliphatic rings. The highest BCUT2D eigenvalue weighted by Crippen LogP contribution is 2.16. The zero-order valence-corrected chi connectivity index (χ0v) is 16.2. The molecule has 1 aromatic carbocycles. The quantitative estimate of drug-likeness (QED) is 0.737. The molecule has 6 heteroatoms. The molecule has 140 valence electrons. The van der Waals surface area contributed by atoms with E-state index in [9.17, 15) is 4.79 Å².